The SMILES string of the molecule is F[B-](F)(F)c1ccc2cnccc2c1. The lowest BCUT2D eigenvalue weighted by atomic mass is 9.79. The Bertz CT molecular complexity index is 467. The first-order valence-electron chi connectivity index (χ1n) is 4.11. The lowest BCUT2D eigenvalue weighted by molar-refractivity contribution is 0.501. The Labute approximate surface area is 78.6 Å². The zero-order valence-corrected chi connectivity index (χ0v) is 7.12. The molecule has 1 aromatic carbocycles. The number of aromatic nitrogens is 1. The van der Waals surface area contributed by atoms with E-state index in [1.165, 1.54) is 12.3 Å². The van der Waals surface area contributed by atoms with E-state index in [4.69, 9.17) is 0 Å². The van der Waals surface area contributed by atoms with Crippen molar-refractivity contribution < 1.29 is 12.9 Å². The molecular weight excluding hydrogens is 190 g/mol. The van der Waals surface area contributed by atoms with Gasteiger partial charge in [0.15, 0.2) is 0 Å². The first kappa shape index (κ1) is 9.06. The summed E-state index contributed by atoms with van der Waals surface area (Å²) in [5.74, 6) is 0. The van der Waals surface area contributed by atoms with Crippen molar-refractivity contribution >= 4 is 23.2 Å². The summed E-state index contributed by atoms with van der Waals surface area (Å²) in [6, 6.07) is 5.24. The van der Waals surface area contributed by atoms with E-state index in [2.05, 4.69) is 4.98 Å². The van der Waals surface area contributed by atoms with Crippen molar-refractivity contribution in [2.45, 2.75) is 0 Å². The highest BCUT2D eigenvalue weighted by Gasteiger charge is 2.25. The molecule has 0 atom stereocenters. The summed E-state index contributed by atoms with van der Waals surface area (Å²) in [7, 11) is 0. The van der Waals surface area contributed by atoms with E-state index in [1.54, 1.807) is 12.3 Å². The van der Waals surface area contributed by atoms with E-state index < -0.39 is 12.4 Å². The molecule has 2 rings (SSSR count). The molecule has 0 spiro atoms. The number of fused-ring (bicyclic) bond motifs is 1. The minimum atomic E-state index is -4.91. The number of benzene rings is 1. The molecule has 1 aromatic heterocycles. The van der Waals surface area contributed by atoms with E-state index in [0.29, 0.717) is 5.39 Å². The highest BCUT2D eigenvalue weighted by atomic mass is 19.4. The van der Waals surface area contributed by atoms with Crippen LogP contribution in [0, 0.1) is 0 Å². The Morgan fingerprint density at radius 1 is 1.00 bits per heavy atom. The lowest BCUT2D eigenvalue weighted by Crippen LogP contribution is -2.33. The van der Waals surface area contributed by atoms with Crippen LogP contribution in [-0.2, 0) is 0 Å². The summed E-state index contributed by atoms with van der Waals surface area (Å²) in [5.41, 5.74) is -0.566. The first-order valence-corrected chi connectivity index (χ1v) is 4.11. The van der Waals surface area contributed by atoms with Crippen LogP contribution in [0.3, 0.4) is 0 Å². The van der Waals surface area contributed by atoms with Crippen LogP contribution in [0.1, 0.15) is 0 Å². The van der Waals surface area contributed by atoms with Crippen molar-refractivity contribution in [3.8, 4) is 0 Å². The molecular formula is C9H6BF3N-. The molecule has 14 heavy (non-hydrogen) atoms. The van der Waals surface area contributed by atoms with Crippen LogP contribution in [0.15, 0.2) is 36.7 Å². The summed E-state index contributed by atoms with van der Waals surface area (Å²) >= 11 is 0. The predicted octanol–water partition coefficient (Wildman–Crippen LogP) is 2.29. The lowest BCUT2D eigenvalue weighted by Gasteiger charge is -2.14. The molecule has 1 nitrogen and oxygen atoms in total. The Hall–Kier alpha value is -1.52. The molecule has 0 fully saturated rings. The highest BCUT2D eigenvalue weighted by Crippen LogP contribution is 2.14. The van der Waals surface area contributed by atoms with Gasteiger partial charge in [-0.1, -0.05) is 18.2 Å². The molecule has 2 aromatic rings. The molecule has 72 valence electrons. The molecule has 0 bridgehead atoms. The van der Waals surface area contributed by atoms with Gasteiger partial charge in [0.2, 0.25) is 0 Å². The maximum absolute atomic E-state index is 12.4. The molecule has 0 unspecified atom stereocenters. The molecule has 0 saturated heterocycles. The van der Waals surface area contributed by atoms with Gasteiger partial charge in [0.1, 0.15) is 0 Å². The van der Waals surface area contributed by atoms with Gasteiger partial charge in [0, 0.05) is 12.4 Å². The second-order valence-corrected chi connectivity index (χ2v) is 3.06. The normalized spacial score (nSPS) is 11.9. The third-order valence-electron chi connectivity index (χ3n) is 2.04. The average molecular weight is 196 g/mol. The molecule has 0 radical (unpaired) electrons. The molecule has 1 heterocycles. The van der Waals surface area contributed by atoms with Crippen LogP contribution in [0.25, 0.3) is 10.8 Å². The van der Waals surface area contributed by atoms with E-state index in [9.17, 15) is 12.9 Å². The van der Waals surface area contributed by atoms with Crippen LogP contribution >= 0.6 is 0 Å². The summed E-state index contributed by atoms with van der Waals surface area (Å²) in [6.07, 6.45) is 3.03. The summed E-state index contributed by atoms with van der Waals surface area (Å²) in [6.45, 7) is -4.91. The largest absolute Gasteiger partial charge is 0.509 e. The van der Waals surface area contributed by atoms with Gasteiger partial charge in [0.05, 0.1) is 0 Å². The predicted molar refractivity (Wildman–Crippen MR) is 50.5 cm³/mol. The van der Waals surface area contributed by atoms with E-state index in [1.807, 2.05) is 0 Å². The van der Waals surface area contributed by atoms with E-state index in [-0.39, 0.29) is 0 Å². The smallest absolute Gasteiger partial charge is 0.445 e. The first-order chi connectivity index (χ1) is 6.57. The van der Waals surface area contributed by atoms with Gasteiger partial charge in [-0.15, -0.1) is 5.46 Å². The number of hydrogen-bond acceptors (Lipinski definition) is 1. The Morgan fingerprint density at radius 2 is 1.79 bits per heavy atom. The fourth-order valence-corrected chi connectivity index (χ4v) is 1.31. The summed E-state index contributed by atoms with van der Waals surface area (Å²) in [4.78, 5) is 3.83. The molecule has 0 aliphatic heterocycles. The summed E-state index contributed by atoms with van der Waals surface area (Å²) < 4.78 is 37.1. The fraction of sp³-hybridized carbons (Fsp3) is 0. The van der Waals surface area contributed by atoms with Gasteiger partial charge in [-0.3, -0.25) is 4.98 Å². The summed E-state index contributed by atoms with van der Waals surface area (Å²) in [5, 5.41) is 1.29. The number of nitrogens with zero attached hydrogens (tertiary/aromatic N) is 1. The quantitative estimate of drug-likeness (QED) is 0.637. The van der Waals surface area contributed by atoms with Crippen LogP contribution in [0.4, 0.5) is 12.9 Å². The van der Waals surface area contributed by atoms with Crippen molar-refractivity contribution in [2.24, 2.45) is 0 Å². The third-order valence-corrected chi connectivity index (χ3v) is 2.04. The average Bonchev–Trinajstić information content (AvgIpc) is 2.16. The maximum Gasteiger partial charge on any atom is 0.509 e. The molecule has 0 aliphatic carbocycles. The number of pyridine rings is 1. The Kier molecular flexibility index (Phi) is 1.95. The Morgan fingerprint density at radius 3 is 2.50 bits per heavy atom. The zero-order valence-electron chi connectivity index (χ0n) is 7.12. The maximum atomic E-state index is 12.4. The molecule has 0 saturated carbocycles. The second-order valence-electron chi connectivity index (χ2n) is 3.06. The van der Waals surface area contributed by atoms with Gasteiger partial charge in [0.25, 0.3) is 0 Å². The fourth-order valence-electron chi connectivity index (χ4n) is 1.31. The van der Waals surface area contributed by atoms with Crippen molar-refractivity contribution in [3.63, 3.8) is 0 Å². The number of rotatable bonds is 1. The molecule has 0 amide bonds. The van der Waals surface area contributed by atoms with Crippen molar-refractivity contribution in [1.82, 2.24) is 4.98 Å². The van der Waals surface area contributed by atoms with Crippen LogP contribution in [0.5, 0.6) is 0 Å². The van der Waals surface area contributed by atoms with Crippen molar-refractivity contribution in [1.29, 1.82) is 0 Å². The van der Waals surface area contributed by atoms with Crippen LogP contribution in [0.2, 0.25) is 0 Å². The minimum absolute atomic E-state index is 0.566. The second kappa shape index (κ2) is 3.01. The van der Waals surface area contributed by atoms with Gasteiger partial charge in [-0.25, -0.2) is 0 Å². The zero-order chi connectivity index (χ0) is 10.2. The standard InChI is InChI=1S/C9H6BF3N/c11-10(12,13)9-2-1-8-6-14-4-3-7(8)5-9/h1-6H/q-1. The van der Waals surface area contributed by atoms with Gasteiger partial charge in [-0.05, 0) is 16.8 Å². The third kappa shape index (κ3) is 1.57. The Balaban J connectivity index is 2.63. The number of hydrogen-bond donors (Lipinski definition) is 0. The molecule has 0 N–H and O–H groups in total. The van der Waals surface area contributed by atoms with Crippen LogP contribution < -0.4 is 5.46 Å². The van der Waals surface area contributed by atoms with Gasteiger partial charge >= 0.3 is 6.98 Å². The van der Waals surface area contributed by atoms with Gasteiger partial charge in [-0.2, -0.15) is 0 Å². The number of halogens is 3. The molecule has 5 heteroatoms. The van der Waals surface area contributed by atoms with Crippen molar-refractivity contribution in [3.05, 3.63) is 36.7 Å². The topological polar surface area (TPSA) is 12.9 Å². The minimum Gasteiger partial charge on any atom is -0.445 e. The monoisotopic (exact) mass is 196 g/mol. The van der Waals surface area contributed by atoms with E-state index in [0.717, 1.165) is 17.5 Å². The van der Waals surface area contributed by atoms with Crippen LogP contribution in [-0.4, -0.2) is 12.0 Å². The van der Waals surface area contributed by atoms with Gasteiger partial charge < -0.3 is 12.9 Å². The van der Waals surface area contributed by atoms with E-state index >= 15 is 0 Å². The molecule has 0 aliphatic rings. The highest BCUT2D eigenvalue weighted by molar-refractivity contribution is 6.73. The van der Waals surface area contributed by atoms with Crippen molar-refractivity contribution in [2.75, 3.05) is 0 Å².